The summed E-state index contributed by atoms with van der Waals surface area (Å²) in [5.41, 5.74) is 6.61. The summed E-state index contributed by atoms with van der Waals surface area (Å²) in [4.78, 5) is 33.9. The van der Waals surface area contributed by atoms with Crippen LogP contribution in [0.3, 0.4) is 0 Å². The lowest BCUT2D eigenvalue weighted by Gasteiger charge is -2.18. The average Bonchev–Trinajstić information content (AvgIpc) is 2.83. The number of hydrogen-bond acceptors (Lipinski definition) is 8. The zero-order valence-electron chi connectivity index (χ0n) is 20.1. The van der Waals surface area contributed by atoms with Crippen molar-refractivity contribution in [2.45, 2.75) is 25.7 Å². The molecule has 11 heteroatoms. The molecule has 0 atom stereocenters. The lowest BCUT2D eigenvalue weighted by atomic mass is 9.96. The molecule has 3 N–H and O–H groups in total. The third-order valence-electron chi connectivity index (χ3n) is 5.45. The van der Waals surface area contributed by atoms with Crippen LogP contribution in [0.15, 0.2) is 70.5 Å². The molecule has 0 saturated carbocycles. The molecule has 186 valence electrons. The van der Waals surface area contributed by atoms with Gasteiger partial charge in [-0.2, -0.15) is 0 Å². The Morgan fingerprint density at radius 2 is 1.75 bits per heavy atom. The van der Waals surface area contributed by atoms with E-state index in [0.29, 0.717) is 22.3 Å². The van der Waals surface area contributed by atoms with Crippen molar-refractivity contribution in [2.24, 2.45) is 5.41 Å². The Bertz CT molecular complexity index is 1640. The van der Waals surface area contributed by atoms with Crippen LogP contribution in [0.4, 0.5) is 5.95 Å². The number of carbonyl (C=O) groups excluding carboxylic acids is 1. The van der Waals surface area contributed by atoms with Crippen molar-refractivity contribution in [1.29, 1.82) is 0 Å². The minimum Gasteiger partial charge on any atom is -0.480 e. The molecular formula is C25H25N5O5S. The Labute approximate surface area is 207 Å². The number of sulfonamides is 1. The summed E-state index contributed by atoms with van der Waals surface area (Å²) < 4.78 is 34.6. The zero-order valence-corrected chi connectivity index (χ0v) is 21.0. The number of nitrogens with two attached hydrogens (primary N) is 1. The van der Waals surface area contributed by atoms with Gasteiger partial charge in [0.1, 0.15) is 4.90 Å². The molecule has 0 spiro atoms. The summed E-state index contributed by atoms with van der Waals surface area (Å²) >= 11 is 0. The predicted molar refractivity (Wildman–Crippen MR) is 136 cm³/mol. The molecule has 0 aliphatic rings. The molecule has 1 amide bonds. The monoisotopic (exact) mass is 507 g/mol. The van der Waals surface area contributed by atoms with E-state index in [-0.39, 0.29) is 27.7 Å². The highest BCUT2D eigenvalue weighted by Gasteiger charge is 2.30. The standard InChI is InChI=1S/C25H25N5O5S/c1-25(2,3)23(32)29-36(33,34)20-13-16(14-27-21(20)35-4)15-10-11-19-18(12-15)22(31)30(24(26)28-19)17-8-6-5-7-9-17/h5-14H,1-4H3,(H2,26,28)(H,29,32). The van der Waals surface area contributed by atoms with E-state index in [1.165, 1.54) is 23.9 Å². The van der Waals surface area contributed by atoms with Crippen molar-refractivity contribution in [1.82, 2.24) is 19.3 Å². The van der Waals surface area contributed by atoms with Gasteiger partial charge in [-0.25, -0.2) is 27.7 Å². The summed E-state index contributed by atoms with van der Waals surface area (Å²) in [7, 11) is -3.01. The first-order valence-corrected chi connectivity index (χ1v) is 12.4. The first kappa shape index (κ1) is 24.9. The quantitative estimate of drug-likeness (QED) is 0.419. The Balaban J connectivity index is 1.85. The van der Waals surface area contributed by atoms with Crippen molar-refractivity contribution >= 4 is 32.8 Å². The van der Waals surface area contributed by atoms with Gasteiger partial charge in [0.15, 0.2) is 0 Å². The Morgan fingerprint density at radius 3 is 2.39 bits per heavy atom. The zero-order chi connectivity index (χ0) is 26.3. The second-order valence-electron chi connectivity index (χ2n) is 9.09. The molecule has 2 heterocycles. The topological polar surface area (TPSA) is 146 Å². The fraction of sp³-hybridized carbons (Fsp3) is 0.200. The number of amides is 1. The number of aromatic nitrogens is 3. The number of nitrogens with one attached hydrogen (secondary N) is 1. The summed E-state index contributed by atoms with van der Waals surface area (Å²) in [5.74, 6) is -0.805. The van der Waals surface area contributed by atoms with Crippen LogP contribution in [-0.2, 0) is 14.8 Å². The number of hydrogen-bond donors (Lipinski definition) is 2. The SMILES string of the molecule is COc1ncc(-c2ccc3nc(N)n(-c4ccccc4)c(=O)c3c2)cc1S(=O)(=O)NC(=O)C(C)(C)C. The summed E-state index contributed by atoms with van der Waals surface area (Å²) in [6.07, 6.45) is 1.42. The molecule has 4 aromatic rings. The first-order chi connectivity index (χ1) is 16.9. The fourth-order valence-corrected chi connectivity index (χ4v) is 4.78. The van der Waals surface area contributed by atoms with Gasteiger partial charge in [-0.15, -0.1) is 0 Å². The minimum absolute atomic E-state index is 0.0422. The van der Waals surface area contributed by atoms with Crippen LogP contribution in [0.2, 0.25) is 0 Å². The van der Waals surface area contributed by atoms with Crippen molar-refractivity contribution in [3.05, 3.63) is 71.1 Å². The number of methoxy groups -OCH3 is 1. The maximum atomic E-state index is 13.3. The molecule has 0 fully saturated rings. The Morgan fingerprint density at radius 1 is 1.06 bits per heavy atom. The number of anilines is 1. The molecule has 0 bridgehead atoms. The van der Waals surface area contributed by atoms with Gasteiger partial charge in [-0.1, -0.05) is 45.0 Å². The van der Waals surface area contributed by atoms with Gasteiger partial charge in [-0.3, -0.25) is 9.59 Å². The van der Waals surface area contributed by atoms with Gasteiger partial charge >= 0.3 is 0 Å². The number of benzene rings is 2. The van der Waals surface area contributed by atoms with E-state index in [1.54, 1.807) is 63.2 Å². The normalized spacial score (nSPS) is 11.9. The number of pyridine rings is 1. The predicted octanol–water partition coefficient (Wildman–Crippen LogP) is 2.89. The third kappa shape index (κ3) is 4.65. The molecule has 2 aromatic heterocycles. The summed E-state index contributed by atoms with van der Waals surface area (Å²) in [5, 5.41) is 0.284. The van der Waals surface area contributed by atoms with Gasteiger partial charge in [0.05, 0.1) is 23.7 Å². The second-order valence-corrected chi connectivity index (χ2v) is 10.7. The summed E-state index contributed by atoms with van der Waals surface area (Å²) in [6, 6.07) is 15.1. The maximum Gasteiger partial charge on any atom is 0.269 e. The van der Waals surface area contributed by atoms with Gasteiger partial charge in [-0.05, 0) is 35.9 Å². The van der Waals surface area contributed by atoms with Crippen LogP contribution in [0.25, 0.3) is 27.7 Å². The largest absolute Gasteiger partial charge is 0.480 e. The molecule has 36 heavy (non-hydrogen) atoms. The van der Waals surface area contributed by atoms with Crippen LogP contribution in [0, 0.1) is 5.41 Å². The smallest absolute Gasteiger partial charge is 0.269 e. The van der Waals surface area contributed by atoms with Crippen LogP contribution in [0.1, 0.15) is 20.8 Å². The molecule has 2 aromatic carbocycles. The number of para-hydroxylation sites is 1. The van der Waals surface area contributed by atoms with Crippen molar-refractivity contribution in [3.8, 4) is 22.7 Å². The maximum absolute atomic E-state index is 13.3. The molecule has 0 aliphatic heterocycles. The van der Waals surface area contributed by atoms with Gasteiger partial charge in [0, 0.05) is 17.2 Å². The van der Waals surface area contributed by atoms with E-state index in [1.807, 2.05) is 6.07 Å². The van der Waals surface area contributed by atoms with Crippen LogP contribution >= 0.6 is 0 Å². The molecule has 0 radical (unpaired) electrons. The highest BCUT2D eigenvalue weighted by molar-refractivity contribution is 7.90. The molecule has 0 unspecified atom stereocenters. The molecule has 0 aliphatic carbocycles. The molecule has 10 nitrogen and oxygen atoms in total. The lowest BCUT2D eigenvalue weighted by molar-refractivity contribution is -0.126. The highest BCUT2D eigenvalue weighted by Crippen LogP contribution is 2.29. The van der Waals surface area contributed by atoms with Crippen LogP contribution < -0.4 is 20.8 Å². The van der Waals surface area contributed by atoms with Crippen LogP contribution in [-0.4, -0.2) is 36.0 Å². The van der Waals surface area contributed by atoms with Crippen molar-refractivity contribution in [2.75, 3.05) is 12.8 Å². The van der Waals surface area contributed by atoms with Crippen molar-refractivity contribution in [3.63, 3.8) is 0 Å². The van der Waals surface area contributed by atoms with E-state index >= 15 is 0 Å². The molecule has 0 saturated heterocycles. The minimum atomic E-state index is -4.30. The average molecular weight is 508 g/mol. The Hall–Kier alpha value is -4.25. The van der Waals surface area contributed by atoms with Gasteiger partial charge in [0.2, 0.25) is 17.7 Å². The Kier molecular flexibility index (Phi) is 6.27. The lowest BCUT2D eigenvalue weighted by Crippen LogP contribution is -2.39. The number of nitrogens with zero attached hydrogens (tertiary/aromatic N) is 3. The van der Waals surface area contributed by atoms with Gasteiger partial charge in [0.25, 0.3) is 15.6 Å². The fourth-order valence-electron chi connectivity index (χ4n) is 3.47. The first-order valence-electron chi connectivity index (χ1n) is 10.9. The number of ether oxygens (including phenoxy) is 1. The van der Waals surface area contributed by atoms with Crippen molar-refractivity contribution < 1.29 is 17.9 Å². The van der Waals surface area contributed by atoms with E-state index in [9.17, 15) is 18.0 Å². The molecule has 4 rings (SSSR count). The number of carbonyl (C=O) groups is 1. The number of nitrogen functional groups attached to an aromatic ring is 1. The number of rotatable bonds is 5. The highest BCUT2D eigenvalue weighted by atomic mass is 32.2. The van der Waals surface area contributed by atoms with Crippen LogP contribution in [0.5, 0.6) is 5.88 Å². The van der Waals surface area contributed by atoms with E-state index < -0.39 is 21.3 Å². The number of fused-ring (bicyclic) bond motifs is 1. The van der Waals surface area contributed by atoms with E-state index in [0.717, 1.165) is 0 Å². The third-order valence-corrected chi connectivity index (χ3v) is 6.78. The van der Waals surface area contributed by atoms with Gasteiger partial charge < -0.3 is 10.5 Å². The molecular weight excluding hydrogens is 482 g/mol. The van der Waals surface area contributed by atoms with E-state index in [4.69, 9.17) is 10.5 Å². The second kappa shape index (κ2) is 9.08. The summed E-state index contributed by atoms with van der Waals surface area (Å²) in [6.45, 7) is 4.80. The van der Waals surface area contributed by atoms with E-state index in [2.05, 4.69) is 14.7 Å².